The van der Waals surface area contributed by atoms with E-state index in [-0.39, 0.29) is 0 Å². The Kier molecular flexibility index (Phi) is 2.94. The van der Waals surface area contributed by atoms with Crippen LogP contribution in [0.15, 0.2) is 12.2 Å². The van der Waals surface area contributed by atoms with Crippen LogP contribution in [0.25, 0.3) is 0 Å². The fourth-order valence-corrected chi connectivity index (χ4v) is 1.68. The fraction of sp³-hybridized carbons (Fsp3) is 0.778. The number of aliphatic hydroxyl groups is 1. The van der Waals surface area contributed by atoms with Crippen molar-refractivity contribution in [3.8, 4) is 0 Å². The minimum atomic E-state index is 0.345. The first kappa shape index (κ1) is 7.80. The van der Waals surface area contributed by atoms with Gasteiger partial charge in [-0.2, -0.15) is 0 Å². The Morgan fingerprint density at radius 1 is 1.60 bits per heavy atom. The van der Waals surface area contributed by atoms with Crippen molar-refractivity contribution in [3.63, 3.8) is 0 Å². The van der Waals surface area contributed by atoms with Crippen molar-refractivity contribution in [1.29, 1.82) is 0 Å². The molecule has 0 aromatic heterocycles. The van der Waals surface area contributed by atoms with E-state index in [4.69, 9.17) is 5.11 Å². The number of hydrogen-bond donors (Lipinski definition) is 1. The Morgan fingerprint density at radius 2 is 2.40 bits per heavy atom. The number of allylic oxidation sites excluding steroid dienone is 1. The van der Waals surface area contributed by atoms with Crippen LogP contribution >= 0.6 is 0 Å². The van der Waals surface area contributed by atoms with Crippen molar-refractivity contribution in [1.82, 2.24) is 0 Å². The Balaban J connectivity index is 2.25. The molecule has 0 aromatic rings. The molecule has 1 heteroatoms. The van der Waals surface area contributed by atoms with Gasteiger partial charge < -0.3 is 5.11 Å². The number of hydrogen-bond acceptors (Lipinski definition) is 1. The largest absolute Gasteiger partial charge is 0.396 e. The Labute approximate surface area is 62.8 Å². The topological polar surface area (TPSA) is 20.2 Å². The highest BCUT2D eigenvalue weighted by Crippen LogP contribution is 2.28. The van der Waals surface area contributed by atoms with Crippen LogP contribution in [0.1, 0.15) is 32.1 Å². The van der Waals surface area contributed by atoms with E-state index in [9.17, 15) is 0 Å². The van der Waals surface area contributed by atoms with E-state index < -0.39 is 0 Å². The molecule has 0 saturated heterocycles. The second-order valence-corrected chi connectivity index (χ2v) is 3.22. The molecular formula is C9H16O. The van der Waals surface area contributed by atoms with Gasteiger partial charge in [0, 0.05) is 6.61 Å². The summed E-state index contributed by atoms with van der Waals surface area (Å²) in [4.78, 5) is 0. The van der Waals surface area contributed by atoms with Crippen LogP contribution < -0.4 is 0 Å². The van der Waals surface area contributed by atoms with Crippen LogP contribution in [0.3, 0.4) is 0 Å². The van der Waals surface area contributed by atoms with E-state index >= 15 is 0 Å². The summed E-state index contributed by atoms with van der Waals surface area (Å²) in [6.45, 7) is 4.31. The molecule has 1 saturated carbocycles. The molecule has 0 aromatic carbocycles. The third-order valence-corrected chi connectivity index (χ3v) is 2.26. The van der Waals surface area contributed by atoms with E-state index in [0.29, 0.717) is 6.61 Å². The second kappa shape index (κ2) is 3.77. The summed E-state index contributed by atoms with van der Waals surface area (Å²) in [6, 6.07) is 0. The quantitative estimate of drug-likeness (QED) is 0.582. The van der Waals surface area contributed by atoms with Crippen LogP contribution in [0.4, 0.5) is 0 Å². The maximum absolute atomic E-state index is 8.68. The highest BCUT2D eigenvalue weighted by Gasteiger charge is 2.14. The molecule has 1 atom stereocenters. The van der Waals surface area contributed by atoms with Gasteiger partial charge in [-0.3, -0.25) is 0 Å². The zero-order chi connectivity index (χ0) is 7.40. The lowest BCUT2D eigenvalue weighted by molar-refractivity contribution is 0.243. The summed E-state index contributed by atoms with van der Waals surface area (Å²) < 4.78 is 0. The van der Waals surface area contributed by atoms with Crippen molar-refractivity contribution in [2.45, 2.75) is 32.1 Å². The lowest BCUT2D eigenvalue weighted by atomic mass is 9.84. The van der Waals surface area contributed by atoms with Crippen LogP contribution in [0, 0.1) is 5.92 Å². The third-order valence-electron chi connectivity index (χ3n) is 2.26. The molecule has 1 N–H and O–H groups in total. The first-order valence-electron chi connectivity index (χ1n) is 4.10. The molecular weight excluding hydrogens is 124 g/mol. The average molecular weight is 140 g/mol. The van der Waals surface area contributed by atoms with Crippen molar-refractivity contribution < 1.29 is 5.11 Å². The van der Waals surface area contributed by atoms with Crippen LogP contribution in [-0.4, -0.2) is 11.7 Å². The molecule has 0 bridgehead atoms. The summed E-state index contributed by atoms with van der Waals surface area (Å²) in [5, 5.41) is 8.68. The normalized spacial score (nSPS) is 26.9. The minimum Gasteiger partial charge on any atom is -0.396 e. The van der Waals surface area contributed by atoms with Crippen molar-refractivity contribution in [3.05, 3.63) is 12.2 Å². The zero-order valence-electron chi connectivity index (χ0n) is 6.47. The van der Waals surface area contributed by atoms with Gasteiger partial charge >= 0.3 is 0 Å². The zero-order valence-corrected chi connectivity index (χ0v) is 6.47. The van der Waals surface area contributed by atoms with E-state index in [1.54, 1.807) is 0 Å². The van der Waals surface area contributed by atoms with E-state index in [1.807, 2.05) is 0 Å². The van der Waals surface area contributed by atoms with Crippen molar-refractivity contribution in [2.24, 2.45) is 5.92 Å². The molecule has 58 valence electrons. The van der Waals surface area contributed by atoms with Gasteiger partial charge in [0.2, 0.25) is 0 Å². The number of aliphatic hydroxyl groups excluding tert-OH is 1. The highest BCUT2D eigenvalue weighted by molar-refractivity contribution is 4.98. The molecule has 0 amide bonds. The molecule has 1 aliphatic carbocycles. The lowest BCUT2D eigenvalue weighted by Gasteiger charge is -2.22. The van der Waals surface area contributed by atoms with Crippen molar-refractivity contribution >= 4 is 0 Å². The van der Waals surface area contributed by atoms with Gasteiger partial charge in [-0.15, -0.1) is 0 Å². The lowest BCUT2D eigenvalue weighted by Crippen LogP contribution is -2.09. The second-order valence-electron chi connectivity index (χ2n) is 3.22. The van der Waals surface area contributed by atoms with E-state index in [1.165, 1.54) is 24.8 Å². The van der Waals surface area contributed by atoms with Gasteiger partial charge in [-0.05, 0) is 38.0 Å². The third kappa shape index (κ3) is 2.14. The smallest absolute Gasteiger partial charge is 0.0433 e. The van der Waals surface area contributed by atoms with E-state index in [0.717, 1.165) is 18.8 Å². The maximum atomic E-state index is 8.68. The summed E-state index contributed by atoms with van der Waals surface area (Å²) >= 11 is 0. The van der Waals surface area contributed by atoms with E-state index in [2.05, 4.69) is 6.58 Å². The summed E-state index contributed by atoms with van der Waals surface area (Å²) in [5.74, 6) is 0.728. The molecule has 1 rings (SSSR count). The molecule has 0 radical (unpaired) electrons. The molecule has 1 nitrogen and oxygen atoms in total. The van der Waals surface area contributed by atoms with Gasteiger partial charge in [0.15, 0.2) is 0 Å². The van der Waals surface area contributed by atoms with Gasteiger partial charge in [0.25, 0.3) is 0 Å². The monoisotopic (exact) mass is 140 g/mol. The molecule has 0 spiro atoms. The SMILES string of the molecule is C=C1CCCC(CCO)C1. The predicted molar refractivity (Wildman–Crippen MR) is 42.8 cm³/mol. The molecule has 1 unspecified atom stereocenters. The molecule has 0 heterocycles. The van der Waals surface area contributed by atoms with Crippen LogP contribution in [-0.2, 0) is 0 Å². The van der Waals surface area contributed by atoms with Crippen LogP contribution in [0.5, 0.6) is 0 Å². The standard InChI is InChI=1S/C9H16O/c1-8-3-2-4-9(7-8)5-6-10/h9-10H,1-7H2. The van der Waals surface area contributed by atoms with Gasteiger partial charge in [0.1, 0.15) is 0 Å². The Bertz CT molecular complexity index is 116. The average Bonchev–Trinajstić information content (AvgIpc) is 1.88. The van der Waals surface area contributed by atoms with Gasteiger partial charge in [-0.1, -0.05) is 12.2 Å². The van der Waals surface area contributed by atoms with Gasteiger partial charge in [-0.25, -0.2) is 0 Å². The minimum absolute atomic E-state index is 0.345. The number of rotatable bonds is 2. The highest BCUT2D eigenvalue weighted by atomic mass is 16.3. The van der Waals surface area contributed by atoms with Crippen LogP contribution in [0.2, 0.25) is 0 Å². The fourth-order valence-electron chi connectivity index (χ4n) is 1.68. The summed E-state index contributed by atoms with van der Waals surface area (Å²) in [6.07, 6.45) is 5.91. The summed E-state index contributed by atoms with van der Waals surface area (Å²) in [7, 11) is 0. The molecule has 1 fully saturated rings. The molecule has 1 aliphatic rings. The first-order chi connectivity index (χ1) is 4.83. The Morgan fingerprint density at radius 3 is 3.00 bits per heavy atom. The Hall–Kier alpha value is -0.300. The molecule has 10 heavy (non-hydrogen) atoms. The molecule has 0 aliphatic heterocycles. The summed E-state index contributed by atoms with van der Waals surface area (Å²) in [5.41, 5.74) is 1.38. The first-order valence-corrected chi connectivity index (χ1v) is 4.10. The van der Waals surface area contributed by atoms with Gasteiger partial charge in [0.05, 0.1) is 0 Å². The van der Waals surface area contributed by atoms with Crippen molar-refractivity contribution in [2.75, 3.05) is 6.61 Å². The predicted octanol–water partition coefficient (Wildman–Crippen LogP) is 2.12. The maximum Gasteiger partial charge on any atom is 0.0433 e.